The number of hydrogen-bond donors (Lipinski definition) is 1. The number of benzene rings is 1. The van der Waals surface area contributed by atoms with E-state index in [1.54, 1.807) is 32.1 Å². The van der Waals surface area contributed by atoms with E-state index in [2.05, 4.69) is 5.32 Å². The second-order valence-corrected chi connectivity index (χ2v) is 7.34. The van der Waals surface area contributed by atoms with Crippen LogP contribution in [0.15, 0.2) is 30.3 Å². The van der Waals surface area contributed by atoms with Crippen LogP contribution in [-0.2, 0) is 9.53 Å². The number of esters is 1. The van der Waals surface area contributed by atoms with Gasteiger partial charge >= 0.3 is 5.97 Å². The summed E-state index contributed by atoms with van der Waals surface area (Å²) in [4.78, 5) is 35.6. The lowest BCUT2D eigenvalue weighted by molar-refractivity contribution is -0.384. The van der Waals surface area contributed by atoms with Gasteiger partial charge in [0.1, 0.15) is 5.00 Å². The fourth-order valence-corrected chi connectivity index (χ4v) is 3.32. The highest BCUT2D eigenvalue weighted by Crippen LogP contribution is 2.33. The molecule has 0 fully saturated rings. The number of aryl methyl sites for hydroxylation is 1. The molecule has 0 radical (unpaired) electrons. The molecule has 2 rings (SSSR count). The predicted octanol–water partition coefficient (Wildman–Crippen LogP) is 4.49. The number of nitrogens with one attached hydrogen (secondary N) is 1. The molecular weight excluding hydrogens is 368 g/mol. The molecule has 0 aliphatic carbocycles. The summed E-state index contributed by atoms with van der Waals surface area (Å²) in [6, 6.07) is 5.83. The third-order valence-electron chi connectivity index (χ3n) is 3.70. The van der Waals surface area contributed by atoms with Gasteiger partial charge in [-0.3, -0.25) is 14.9 Å². The highest BCUT2D eigenvalue weighted by Gasteiger charge is 2.22. The number of amides is 1. The van der Waals surface area contributed by atoms with Crippen LogP contribution in [0.2, 0.25) is 0 Å². The minimum Gasteiger partial charge on any atom is -0.459 e. The quantitative estimate of drug-likeness (QED) is 0.340. The van der Waals surface area contributed by atoms with Gasteiger partial charge in [0, 0.05) is 23.1 Å². The average Bonchev–Trinajstić information content (AvgIpc) is 2.86. The van der Waals surface area contributed by atoms with Crippen LogP contribution in [0.25, 0.3) is 6.08 Å². The van der Waals surface area contributed by atoms with Gasteiger partial charge in [-0.2, -0.15) is 0 Å². The summed E-state index contributed by atoms with van der Waals surface area (Å²) in [5.41, 5.74) is 1.77. The highest BCUT2D eigenvalue weighted by atomic mass is 32.1. The van der Waals surface area contributed by atoms with Gasteiger partial charge in [-0.15, -0.1) is 11.3 Å². The third kappa shape index (κ3) is 5.24. The van der Waals surface area contributed by atoms with Crippen molar-refractivity contribution in [2.24, 2.45) is 0 Å². The lowest BCUT2D eigenvalue weighted by Crippen LogP contribution is -2.15. The molecule has 0 aliphatic rings. The first kappa shape index (κ1) is 20.3. The van der Waals surface area contributed by atoms with Crippen LogP contribution in [0.4, 0.5) is 10.7 Å². The zero-order valence-corrected chi connectivity index (χ0v) is 16.3. The summed E-state index contributed by atoms with van der Waals surface area (Å²) in [6.45, 7) is 7.20. The maximum atomic E-state index is 12.3. The zero-order valence-electron chi connectivity index (χ0n) is 15.4. The van der Waals surface area contributed by atoms with E-state index in [4.69, 9.17) is 4.74 Å². The van der Waals surface area contributed by atoms with Crippen molar-refractivity contribution in [3.05, 3.63) is 62.0 Å². The van der Waals surface area contributed by atoms with E-state index in [-0.39, 0.29) is 11.8 Å². The Morgan fingerprint density at radius 3 is 2.41 bits per heavy atom. The van der Waals surface area contributed by atoms with E-state index >= 15 is 0 Å². The summed E-state index contributed by atoms with van der Waals surface area (Å²) < 4.78 is 5.26. The number of anilines is 1. The van der Waals surface area contributed by atoms with E-state index < -0.39 is 16.8 Å². The van der Waals surface area contributed by atoms with Crippen LogP contribution in [0.5, 0.6) is 0 Å². The molecule has 1 heterocycles. The van der Waals surface area contributed by atoms with Gasteiger partial charge in [0.05, 0.1) is 16.6 Å². The Balaban J connectivity index is 2.14. The fraction of sp³-hybridized carbons (Fsp3) is 0.263. The molecule has 7 nitrogen and oxygen atoms in total. The van der Waals surface area contributed by atoms with Crippen molar-refractivity contribution >= 4 is 40.0 Å². The molecule has 1 N–H and O–H groups in total. The molecule has 0 spiro atoms. The molecule has 0 bridgehead atoms. The molecular formula is C19H20N2O5S. The van der Waals surface area contributed by atoms with Gasteiger partial charge in [0.25, 0.3) is 5.69 Å². The molecule has 1 aromatic carbocycles. The molecule has 8 heteroatoms. The summed E-state index contributed by atoms with van der Waals surface area (Å²) in [5, 5.41) is 13.8. The van der Waals surface area contributed by atoms with Crippen molar-refractivity contribution in [1.29, 1.82) is 0 Å². The van der Waals surface area contributed by atoms with Gasteiger partial charge in [-0.25, -0.2) is 4.79 Å². The molecule has 0 aliphatic heterocycles. The van der Waals surface area contributed by atoms with E-state index in [0.29, 0.717) is 16.1 Å². The van der Waals surface area contributed by atoms with Crippen molar-refractivity contribution in [3.8, 4) is 0 Å². The van der Waals surface area contributed by atoms with Crippen LogP contribution in [0, 0.1) is 24.0 Å². The molecule has 0 saturated heterocycles. The number of thiophene rings is 1. The molecule has 27 heavy (non-hydrogen) atoms. The number of non-ortho nitro benzene ring substituents is 1. The van der Waals surface area contributed by atoms with Crippen molar-refractivity contribution < 1.29 is 19.2 Å². The normalized spacial score (nSPS) is 11.0. The van der Waals surface area contributed by atoms with Crippen LogP contribution in [0.1, 0.15) is 40.2 Å². The Morgan fingerprint density at radius 2 is 1.85 bits per heavy atom. The number of nitro benzene ring substituents is 1. The molecule has 1 aromatic heterocycles. The Hall–Kier alpha value is -3.00. The molecule has 2 aromatic rings. The van der Waals surface area contributed by atoms with Crippen LogP contribution >= 0.6 is 11.3 Å². The van der Waals surface area contributed by atoms with Crippen molar-refractivity contribution in [1.82, 2.24) is 0 Å². The number of rotatable bonds is 6. The number of nitro groups is 1. The van der Waals surface area contributed by atoms with Crippen molar-refractivity contribution in [3.63, 3.8) is 0 Å². The van der Waals surface area contributed by atoms with E-state index in [9.17, 15) is 19.7 Å². The zero-order chi connectivity index (χ0) is 20.1. The van der Waals surface area contributed by atoms with E-state index in [0.717, 1.165) is 10.4 Å². The van der Waals surface area contributed by atoms with Crippen molar-refractivity contribution in [2.45, 2.75) is 33.8 Å². The number of ether oxygens (including phenoxy) is 1. The Bertz CT molecular complexity index is 898. The van der Waals surface area contributed by atoms with Gasteiger partial charge in [0.15, 0.2) is 0 Å². The van der Waals surface area contributed by atoms with Crippen LogP contribution < -0.4 is 5.32 Å². The summed E-state index contributed by atoms with van der Waals surface area (Å²) in [6.07, 6.45) is 2.59. The monoisotopic (exact) mass is 388 g/mol. The Labute approximate surface area is 160 Å². The van der Waals surface area contributed by atoms with Crippen molar-refractivity contribution in [2.75, 3.05) is 5.32 Å². The first-order valence-corrected chi connectivity index (χ1v) is 9.05. The SMILES string of the molecule is Cc1sc(NC(=O)C=Cc2ccc([N+](=O)[O-])cc2)c(C(=O)OC(C)C)c1C. The summed E-state index contributed by atoms with van der Waals surface area (Å²) in [7, 11) is 0. The number of carbonyl (C=O) groups is 2. The Kier molecular flexibility index (Phi) is 6.46. The fourth-order valence-electron chi connectivity index (χ4n) is 2.27. The highest BCUT2D eigenvalue weighted by molar-refractivity contribution is 7.16. The first-order chi connectivity index (χ1) is 12.7. The second-order valence-electron chi connectivity index (χ2n) is 6.11. The predicted molar refractivity (Wildman–Crippen MR) is 105 cm³/mol. The maximum Gasteiger partial charge on any atom is 0.341 e. The standard InChI is InChI=1S/C19H20N2O5S/c1-11(2)26-19(23)17-12(3)13(4)27-18(17)20-16(22)10-7-14-5-8-15(9-6-14)21(24)25/h5-11H,1-4H3,(H,20,22). The molecule has 142 valence electrons. The third-order valence-corrected chi connectivity index (χ3v) is 4.82. The molecule has 0 atom stereocenters. The molecule has 0 saturated carbocycles. The number of carbonyl (C=O) groups excluding carboxylic acids is 2. The van der Waals surface area contributed by atoms with Gasteiger partial charge in [0.2, 0.25) is 5.91 Å². The van der Waals surface area contributed by atoms with E-state index in [1.165, 1.54) is 29.5 Å². The van der Waals surface area contributed by atoms with Gasteiger partial charge in [-0.1, -0.05) is 0 Å². The molecule has 0 unspecified atom stereocenters. The smallest absolute Gasteiger partial charge is 0.341 e. The molecule has 1 amide bonds. The topological polar surface area (TPSA) is 98.5 Å². The average molecular weight is 388 g/mol. The van der Waals surface area contributed by atoms with Crippen LogP contribution in [0.3, 0.4) is 0 Å². The first-order valence-electron chi connectivity index (χ1n) is 8.23. The summed E-state index contributed by atoms with van der Waals surface area (Å²) in [5.74, 6) is -0.880. The van der Waals surface area contributed by atoms with Gasteiger partial charge in [-0.05, 0) is 57.0 Å². The second kappa shape index (κ2) is 8.59. The lowest BCUT2D eigenvalue weighted by atomic mass is 10.1. The minimum atomic E-state index is -0.487. The largest absolute Gasteiger partial charge is 0.459 e. The summed E-state index contributed by atoms with van der Waals surface area (Å²) >= 11 is 1.31. The number of hydrogen-bond acceptors (Lipinski definition) is 6. The minimum absolute atomic E-state index is 0.0190. The van der Waals surface area contributed by atoms with E-state index in [1.807, 2.05) is 13.8 Å². The van der Waals surface area contributed by atoms with Crippen LogP contribution in [-0.4, -0.2) is 22.9 Å². The lowest BCUT2D eigenvalue weighted by Gasteiger charge is -2.09. The Morgan fingerprint density at radius 1 is 1.22 bits per heavy atom. The number of nitrogens with zero attached hydrogens (tertiary/aromatic N) is 1. The maximum absolute atomic E-state index is 12.3. The van der Waals surface area contributed by atoms with Gasteiger partial charge < -0.3 is 10.1 Å².